The molecule has 0 aromatic heterocycles. The van der Waals surface area contributed by atoms with Gasteiger partial charge in [-0.3, -0.25) is 0 Å². The van der Waals surface area contributed by atoms with E-state index in [1.165, 1.54) is 6.19 Å². The lowest BCUT2D eigenvalue weighted by molar-refractivity contribution is 0.144. The Morgan fingerprint density at radius 3 is 2.77 bits per heavy atom. The Balaban J connectivity index is 2.36. The Kier molecular flexibility index (Phi) is 3.33. The summed E-state index contributed by atoms with van der Waals surface area (Å²) in [5.41, 5.74) is 0.885. The Bertz CT molecular complexity index is 316. The molecule has 0 saturated heterocycles. The van der Waals surface area contributed by atoms with Gasteiger partial charge in [0.1, 0.15) is 6.61 Å². The molecule has 66 valence electrons. The van der Waals surface area contributed by atoms with E-state index in [1.54, 1.807) is 0 Å². The second kappa shape index (κ2) is 4.78. The minimum atomic E-state index is -0.730. The number of ether oxygens (including phenoxy) is 1. The Labute approximate surface area is 75.7 Å². The van der Waals surface area contributed by atoms with Crippen LogP contribution in [0.15, 0.2) is 30.3 Å². The first-order chi connectivity index (χ1) is 6.33. The molecule has 0 saturated carbocycles. The monoisotopic (exact) mass is 176 g/mol. The smallest absolute Gasteiger partial charge is 0.420 e. The maximum atomic E-state index is 10.7. The Hall–Kier alpha value is -2.02. The maximum Gasteiger partial charge on any atom is 0.420 e. The molecule has 0 radical (unpaired) electrons. The Morgan fingerprint density at radius 2 is 2.15 bits per heavy atom. The summed E-state index contributed by atoms with van der Waals surface area (Å²) in [6.07, 6.45) is 0.749. The molecule has 1 N–H and O–H groups in total. The topological polar surface area (TPSA) is 62.1 Å². The molecule has 1 aromatic carbocycles. The summed E-state index contributed by atoms with van der Waals surface area (Å²) in [5, 5.41) is 9.93. The third kappa shape index (κ3) is 3.25. The fourth-order valence-electron chi connectivity index (χ4n) is 0.805. The average Bonchev–Trinajstić information content (AvgIpc) is 2.17. The van der Waals surface area contributed by atoms with E-state index in [0.29, 0.717) is 0 Å². The van der Waals surface area contributed by atoms with Crippen molar-refractivity contribution < 1.29 is 9.53 Å². The van der Waals surface area contributed by atoms with Crippen LogP contribution in [0, 0.1) is 11.5 Å². The first-order valence-corrected chi connectivity index (χ1v) is 3.68. The maximum absolute atomic E-state index is 10.7. The van der Waals surface area contributed by atoms with Crippen LogP contribution in [0.3, 0.4) is 0 Å². The van der Waals surface area contributed by atoms with E-state index in [9.17, 15) is 4.79 Å². The SMILES string of the molecule is N#CNC(=O)OCc1ccccc1. The first-order valence-electron chi connectivity index (χ1n) is 3.68. The lowest BCUT2D eigenvalue weighted by atomic mass is 10.2. The molecule has 0 aliphatic carbocycles. The second-order valence-corrected chi connectivity index (χ2v) is 2.30. The highest BCUT2D eigenvalue weighted by Crippen LogP contribution is 1.99. The normalized spacial score (nSPS) is 8.54. The highest BCUT2D eigenvalue weighted by molar-refractivity contribution is 5.68. The Morgan fingerprint density at radius 1 is 1.46 bits per heavy atom. The molecule has 4 nitrogen and oxygen atoms in total. The van der Waals surface area contributed by atoms with E-state index in [0.717, 1.165) is 5.56 Å². The van der Waals surface area contributed by atoms with Crippen molar-refractivity contribution in [3.05, 3.63) is 35.9 Å². The third-order valence-corrected chi connectivity index (χ3v) is 1.37. The van der Waals surface area contributed by atoms with E-state index >= 15 is 0 Å². The molecule has 0 heterocycles. The molecule has 1 rings (SSSR count). The first kappa shape index (κ1) is 9.07. The molecule has 0 aliphatic heterocycles. The van der Waals surface area contributed by atoms with Gasteiger partial charge < -0.3 is 4.74 Å². The van der Waals surface area contributed by atoms with Gasteiger partial charge in [-0.1, -0.05) is 30.3 Å². The largest absolute Gasteiger partial charge is 0.444 e. The molecule has 1 aromatic rings. The number of alkyl carbamates (subject to hydrolysis) is 1. The number of nitriles is 1. The minimum absolute atomic E-state index is 0.175. The summed E-state index contributed by atoms with van der Waals surface area (Å²) in [6.45, 7) is 0.175. The number of nitrogens with zero attached hydrogens (tertiary/aromatic N) is 1. The van der Waals surface area contributed by atoms with Crippen LogP contribution in [-0.2, 0) is 11.3 Å². The van der Waals surface area contributed by atoms with Crippen molar-refractivity contribution in [1.29, 1.82) is 5.26 Å². The summed E-state index contributed by atoms with van der Waals surface area (Å²) in [6, 6.07) is 9.24. The molecule has 0 atom stereocenters. The number of hydrogen-bond donors (Lipinski definition) is 1. The van der Waals surface area contributed by atoms with Crippen LogP contribution in [0.5, 0.6) is 0 Å². The fourth-order valence-corrected chi connectivity index (χ4v) is 0.805. The van der Waals surface area contributed by atoms with Crippen molar-refractivity contribution >= 4 is 6.09 Å². The third-order valence-electron chi connectivity index (χ3n) is 1.37. The number of benzene rings is 1. The molecule has 4 heteroatoms. The van der Waals surface area contributed by atoms with Crippen LogP contribution in [0.25, 0.3) is 0 Å². The summed E-state index contributed by atoms with van der Waals surface area (Å²) in [4.78, 5) is 10.7. The van der Waals surface area contributed by atoms with Crippen molar-refractivity contribution in [3.63, 3.8) is 0 Å². The van der Waals surface area contributed by atoms with Gasteiger partial charge in [-0.2, -0.15) is 5.26 Å². The zero-order valence-corrected chi connectivity index (χ0v) is 6.86. The standard InChI is InChI=1S/C9H8N2O2/c10-7-11-9(12)13-6-8-4-2-1-3-5-8/h1-5H,6H2,(H,11,12). The van der Waals surface area contributed by atoms with Gasteiger partial charge in [-0.05, 0) is 5.56 Å². The van der Waals surface area contributed by atoms with Gasteiger partial charge >= 0.3 is 6.09 Å². The zero-order valence-electron chi connectivity index (χ0n) is 6.86. The number of rotatable bonds is 2. The van der Waals surface area contributed by atoms with Gasteiger partial charge in [0.05, 0.1) is 0 Å². The summed E-state index contributed by atoms with van der Waals surface area (Å²) < 4.78 is 4.70. The minimum Gasteiger partial charge on any atom is -0.444 e. The summed E-state index contributed by atoms with van der Waals surface area (Å²) >= 11 is 0. The summed E-state index contributed by atoms with van der Waals surface area (Å²) in [5.74, 6) is 0. The molecular weight excluding hydrogens is 168 g/mol. The molecule has 13 heavy (non-hydrogen) atoms. The van der Waals surface area contributed by atoms with Crippen molar-refractivity contribution in [1.82, 2.24) is 5.32 Å². The molecule has 0 unspecified atom stereocenters. The van der Waals surface area contributed by atoms with Gasteiger partial charge in [0, 0.05) is 0 Å². The van der Waals surface area contributed by atoms with Gasteiger partial charge in [-0.25, -0.2) is 10.1 Å². The predicted molar refractivity (Wildman–Crippen MR) is 45.4 cm³/mol. The van der Waals surface area contributed by atoms with E-state index in [4.69, 9.17) is 10.00 Å². The van der Waals surface area contributed by atoms with Gasteiger partial charge in [0.25, 0.3) is 0 Å². The molecular formula is C9H8N2O2. The predicted octanol–water partition coefficient (Wildman–Crippen LogP) is 1.39. The molecule has 0 fully saturated rings. The van der Waals surface area contributed by atoms with Crippen molar-refractivity contribution in [2.24, 2.45) is 0 Å². The second-order valence-electron chi connectivity index (χ2n) is 2.30. The average molecular weight is 176 g/mol. The van der Waals surface area contributed by atoms with E-state index in [1.807, 2.05) is 35.6 Å². The lowest BCUT2D eigenvalue weighted by Crippen LogP contribution is -2.18. The van der Waals surface area contributed by atoms with Crippen LogP contribution < -0.4 is 5.32 Å². The van der Waals surface area contributed by atoms with E-state index < -0.39 is 6.09 Å². The highest BCUT2D eigenvalue weighted by Gasteiger charge is 1.99. The van der Waals surface area contributed by atoms with Crippen LogP contribution in [-0.4, -0.2) is 6.09 Å². The van der Waals surface area contributed by atoms with Crippen LogP contribution in [0.1, 0.15) is 5.56 Å². The highest BCUT2D eigenvalue weighted by atomic mass is 16.5. The zero-order chi connectivity index (χ0) is 9.52. The van der Waals surface area contributed by atoms with Crippen LogP contribution >= 0.6 is 0 Å². The number of amides is 1. The number of hydrogen-bond acceptors (Lipinski definition) is 3. The van der Waals surface area contributed by atoms with Crippen molar-refractivity contribution in [3.8, 4) is 6.19 Å². The van der Waals surface area contributed by atoms with Crippen molar-refractivity contribution in [2.75, 3.05) is 0 Å². The fraction of sp³-hybridized carbons (Fsp3) is 0.111. The lowest BCUT2D eigenvalue weighted by Gasteiger charge is -2.01. The van der Waals surface area contributed by atoms with Gasteiger partial charge in [-0.15, -0.1) is 0 Å². The van der Waals surface area contributed by atoms with E-state index in [2.05, 4.69) is 0 Å². The molecule has 1 amide bonds. The van der Waals surface area contributed by atoms with Gasteiger partial charge in [0.2, 0.25) is 0 Å². The number of carbonyl (C=O) groups excluding carboxylic acids is 1. The van der Waals surface area contributed by atoms with Gasteiger partial charge in [0.15, 0.2) is 6.19 Å². The molecule has 0 bridgehead atoms. The molecule has 0 aliphatic rings. The van der Waals surface area contributed by atoms with E-state index in [-0.39, 0.29) is 6.61 Å². The number of nitrogens with one attached hydrogen (secondary N) is 1. The van der Waals surface area contributed by atoms with Crippen LogP contribution in [0.4, 0.5) is 4.79 Å². The number of carbonyl (C=O) groups is 1. The van der Waals surface area contributed by atoms with Crippen molar-refractivity contribution in [2.45, 2.75) is 6.61 Å². The summed E-state index contributed by atoms with van der Waals surface area (Å²) in [7, 11) is 0. The molecule has 0 spiro atoms. The van der Waals surface area contributed by atoms with Crippen LogP contribution in [0.2, 0.25) is 0 Å². The quantitative estimate of drug-likeness (QED) is 0.547.